The average molecular weight is 428 g/mol. The summed E-state index contributed by atoms with van der Waals surface area (Å²) in [5.74, 6) is -7.94. The summed E-state index contributed by atoms with van der Waals surface area (Å²) in [6.45, 7) is 0. The van der Waals surface area contributed by atoms with Crippen LogP contribution < -0.4 is 5.32 Å². The fourth-order valence-electron chi connectivity index (χ4n) is 0.771. The first-order chi connectivity index (χ1) is 6.31. The van der Waals surface area contributed by atoms with Gasteiger partial charge >= 0.3 is 11.9 Å². The van der Waals surface area contributed by atoms with E-state index in [0.717, 1.165) is 7.05 Å². The molecule has 0 unspecified atom stereocenters. The van der Waals surface area contributed by atoms with Gasteiger partial charge in [0.05, 0.1) is 5.91 Å². The Morgan fingerprint density at radius 1 is 1.00 bits per heavy atom. The standard InChI is InChI=1S/C6H8N2O6.2CH4.CH3.2Y/c1-8-3(10)6(2(7)9,4(11)12)5(13)14;;;;;/h1H3,(H5,7,8,9,10,11,12,13,14);2*1H4;1H3;;/q;;;-1;;/p-1. The van der Waals surface area contributed by atoms with Gasteiger partial charge in [-0.05, 0) is 0 Å². The Bertz CT molecular complexity index is 286. The molecule has 0 saturated carbocycles. The number of rotatable bonds is 4. The number of aliphatic carboxylic acids is 2. The van der Waals surface area contributed by atoms with Crippen molar-refractivity contribution in [1.29, 1.82) is 0 Å². The van der Waals surface area contributed by atoms with Crippen LogP contribution in [0.1, 0.15) is 14.9 Å². The van der Waals surface area contributed by atoms with Gasteiger partial charge in [0.15, 0.2) is 0 Å². The third-order valence-corrected chi connectivity index (χ3v) is 1.55. The molecule has 0 bridgehead atoms. The number of carboxylic acid groups (broad SMARTS) is 2. The van der Waals surface area contributed by atoms with Crippen molar-refractivity contribution < 1.29 is 94.8 Å². The van der Waals surface area contributed by atoms with Gasteiger partial charge < -0.3 is 33.5 Å². The topological polar surface area (TPSA) is 145 Å². The van der Waals surface area contributed by atoms with E-state index in [1.165, 1.54) is 0 Å². The van der Waals surface area contributed by atoms with Crippen LogP contribution in [-0.4, -0.2) is 41.0 Å². The predicted molar refractivity (Wildman–Crippen MR) is 61.0 cm³/mol. The summed E-state index contributed by atoms with van der Waals surface area (Å²) < 4.78 is 0. The van der Waals surface area contributed by atoms with E-state index in [0.29, 0.717) is 0 Å². The monoisotopic (exact) mass is 428 g/mol. The maximum Gasteiger partial charge on any atom is 0.336 e. The molecule has 0 aliphatic rings. The van der Waals surface area contributed by atoms with Crippen molar-refractivity contribution in [1.82, 2.24) is 5.32 Å². The van der Waals surface area contributed by atoms with Crippen LogP contribution >= 0.6 is 0 Å². The van der Waals surface area contributed by atoms with Gasteiger partial charge in [-0.3, -0.25) is 4.79 Å². The summed E-state index contributed by atoms with van der Waals surface area (Å²) in [7, 11) is 0.964. The molecule has 0 atom stereocenters. The van der Waals surface area contributed by atoms with Crippen LogP contribution in [0.15, 0.2) is 0 Å². The number of hydrogen-bond acceptors (Lipinski definition) is 4. The molecule has 108 valence electrons. The van der Waals surface area contributed by atoms with E-state index >= 15 is 0 Å². The molecule has 8 nitrogen and oxygen atoms in total. The van der Waals surface area contributed by atoms with Crippen LogP contribution in [0.3, 0.4) is 0 Å². The van der Waals surface area contributed by atoms with Crippen molar-refractivity contribution >= 4 is 23.8 Å². The molecule has 0 aromatic rings. The summed E-state index contributed by atoms with van der Waals surface area (Å²) in [4.78, 5) is 42.6. The Hall–Kier alpha value is 0.0878. The number of amides is 2. The molecular weight excluding hydrogens is 410 g/mol. The van der Waals surface area contributed by atoms with Crippen molar-refractivity contribution in [2.75, 3.05) is 7.05 Å². The molecule has 2 amide bonds. The first-order valence-corrected chi connectivity index (χ1v) is 3.26. The summed E-state index contributed by atoms with van der Waals surface area (Å²) >= 11 is 0. The second-order valence-corrected chi connectivity index (χ2v) is 2.27. The molecule has 0 aromatic heterocycles. The molecular formula is C9H18N2O6Y2-2. The zero-order chi connectivity index (χ0) is 11.5. The summed E-state index contributed by atoms with van der Waals surface area (Å²) in [5.41, 5.74) is 3.14. The average Bonchev–Trinajstić information content (AvgIpc) is 2.02. The maximum absolute atomic E-state index is 10.9. The Kier molecular flexibility index (Phi) is 27.8. The number of carbonyl (C=O) groups excluding carboxylic acids is 2. The van der Waals surface area contributed by atoms with Crippen molar-refractivity contribution in [3.63, 3.8) is 0 Å². The SMILES string of the molecule is C.C.CNC(=O)C(C([NH-])=O)(C(=O)O)C(=O)O.[CH3-].[Y].[Y]. The molecule has 0 aliphatic heterocycles. The second-order valence-electron chi connectivity index (χ2n) is 2.27. The molecule has 0 heterocycles. The minimum atomic E-state index is -3.38. The minimum absolute atomic E-state index is 0. The van der Waals surface area contributed by atoms with Gasteiger partial charge in [0.2, 0.25) is 0 Å². The van der Waals surface area contributed by atoms with Crippen molar-refractivity contribution in [2.45, 2.75) is 14.9 Å². The molecule has 0 aliphatic carbocycles. The van der Waals surface area contributed by atoms with Gasteiger partial charge in [-0.25, -0.2) is 9.59 Å². The first-order valence-electron chi connectivity index (χ1n) is 3.26. The van der Waals surface area contributed by atoms with E-state index in [2.05, 4.69) is 0 Å². The largest absolute Gasteiger partial charge is 0.666 e. The second kappa shape index (κ2) is 14.5. The van der Waals surface area contributed by atoms with Crippen LogP contribution in [0.5, 0.6) is 0 Å². The van der Waals surface area contributed by atoms with Gasteiger partial charge in [0.25, 0.3) is 11.3 Å². The molecule has 0 rings (SSSR count). The van der Waals surface area contributed by atoms with Crippen LogP contribution in [0.2, 0.25) is 0 Å². The van der Waals surface area contributed by atoms with E-state index in [1.807, 2.05) is 0 Å². The van der Waals surface area contributed by atoms with Crippen molar-refractivity contribution in [2.24, 2.45) is 5.41 Å². The van der Waals surface area contributed by atoms with Crippen molar-refractivity contribution in [3.05, 3.63) is 13.2 Å². The van der Waals surface area contributed by atoms with Gasteiger partial charge in [-0.15, -0.1) is 0 Å². The third kappa shape index (κ3) is 6.88. The number of nitrogens with one attached hydrogen (secondary N) is 2. The quantitative estimate of drug-likeness (QED) is 0.431. The maximum atomic E-state index is 10.9. The number of hydrogen-bond donors (Lipinski definition) is 3. The first kappa shape index (κ1) is 36.5. The van der Waals surface area contributed by atoms with E-state index < -0.39 is 29.2 Å². The molecule has 0 saturated heterocycles. The van der Waals surface area contributed by atoms with Crippen LogP contribution in [0.4, 0.5) is 0 Å². The van der Waals surface area contributed by atoms with Gasteiger partial charge in [-0.1, -0.05) is 14.9 Å². The van der Waals surface area contributed by atoms with Crippen LogP contribution in [0, 0.1) is 12.8 Å². The molecule has 0 spiro atoms. The smallest absolute Gasteiger partial charge is 0.336 e. The van der Waals surface area contributed by atoms with Gasteiger partial charge in [0, 0.05) is 72.5 Å². The Labute approximate surface area is 163 Å². The van der Waals surface area contributed by atoms with Gasteiger partial charge in [-0.2, -0.15) is 0 Å². The fourth-order valence-corrected chi connectivity index (χ4v) is 0.771. The number of carboxylic acids is 2. The number of carbonyl (C=O) groups is 4. The van der Waals surface area contributed by atoms with Gasteiger partial charge in [0.1, 0.15) is 0 Å². The fraction of sp³-hybridized carbons (Fsp3) is 0.444. The molecule has 4 N–H and O–H groups in total. The predicted octanol–water partition coefficient (Wildman–Crippen LogP) is 0.184. The Balaban J connectivity index is -0.0000000845. The Morgan fingerprint density at radius 2 is 1.26 bits per heavy atom. The molecule has 10 heteroatoms. The zero-order valence-electron chi connectivity index (χ0n) is 9.18. The normalized spacial score (nSPS) is 7.63. The van der Waals surface area contributed by atoms with Crippen LogP contribution in [-0.2, 0) is 84.6 Å². The van der Waals surface area contributed by atoms with E-state index in [1.54, 1.807) is 5.32 Å². The van der Waals surface area contributed by atoms with E-state index in [4.69, 9.17) is 15.9 Å². The molecule has 0 fully saturated rings. The molecule has 0 aromatic carbocycles. The third-order valence-electron chi connectivity index (χ3n) is 1.55. The van der Waals surface area contributed by atoms with Crippen molar-refractivity contribution in [3.8, 4) is 0 Å². The summed E-state index contributed by atoms with van der Waals surface area (Å²) in [6.07, 6.45) is 0. The molecule has 2 radical (unpaired) electrons. The Morgan fingerprint density at radius 3 is 1.32 bits per heavy atom. The molecule has 19 heavy (non-hydrogen) atoms. The summed E-state index contributed by atoms with van der Waals surface area (Å²) in [5, 5.41) is 18.7. The summed E-state index contributed by atoms with van der Waals surface area (Å²) in [6, 6.07) is 0. The zero-order valence-corrected chi connectivity index (χ0v) is 14.9. The van der Waals surface area contributed by atoms with E-state index in [-0.39, 0.29) is 87.7 Å². The van der Waals surface area contributed by atoms with Crippen LogP contribution in [0.25, 0.3) is 5.73 Å². The minimum Gasteiger partial charge on any atom is -0.666 e. The van der Waals surface area contributed by atoms with E-state index in [9.17, 15) is 19.2 Å².